The van der Waals surface area contributed by atoms with E-state index in [1.165, 1.54) is 32.5 Å². The molecule has 1 aliphatic carbocycles. The average Bonchev–Trinajstić information content (AvgIpc) is 3.11. The Kier molecular flexibility index (Phi) is 4.11. The third-order valence-electron chi connectivity index (χ3n) is 4.37. The van der Waals surface area contributed by atoms with Crippen LogP contribution >= 0.6 is 0 Å². The molecule has 0 amide bonds. The lowest BCUT2D eigenvalue weighted by molar-refractivity contribution is -0.00136. The molecule has 1 N–H and O–H groups in total. The maximum absolute atomic E-state index is 5.52. The first kappa shape index (κ1) is 13.3. The number of rotatable bonds is 5. The van der Waals surface area contributed by atoms with E-state index in [1.807, 2.05) is 7.11 Å². The highest BCUT2D eigenvalue weighted by molar-refractivity contribution is 4.94. The minimum atomic E-state index is 0.0161. The van der Waals surface area contributed by atoms with Crippen LogP contribution in [-0.4, -0.2) is 49.3 Å². The van der Waals surface area contributed by atoms with E-state index in [1.54, 1.807) is 0 Å². The molecule has 0 bridgehead atoms. The molecule has 0 aromatic rings. The Morgan fingerprint density at radius 2 is 2.06 bits per heavy atom. The van der Waals surface area contributed by atoms with Crippen LogP contribution in [0.25, 0.3) is 0 Å². The molecule has 0 spiro atoms. The number of nitrogens with one attached hydrogen (secondary N) is 1. The van der Waals surface area contributed by atoms with Crippen molar-refractivity contribution in [2.45, 2.75) is 57.7 Å². The highest BCUT2D eigenvalue weighted by atomic mass is 16.5. The fourth-order valence-corrected chi connectivity index (χ4v) is 2.72. The molecule has 0 radical (unpaired) electrons. The first-order valence-electron chi connectivity index (χ1n) is 7.04. The molecule has 1 saturated heterocycles. The van der Waals surface area contributed by atoms with E-state index >= 15 is 0 Å². The standard InChI is InChI=1S/C14H28N2O/c1-11-10-16(8-7-14(2,3)17-4)13(9-15-11)12-5-6-12/h11-13,15H,5-10H2,1-4H3. The van der Waals surface area contributed by atoms with Gasteiger partial charge in [0, 0.05) is 38.8 Å². The zero-order valence-corrected chi connectivity index (χ0v) is 11.8. The van der Waals surface area contributed by atoms with Gasteiger partial charge in [-0.15, -0.1) is 0 Å². The molecule has 17 heavy (non-hydrogen) atoms. The van der Waals surface area contributed by atoms with Gasteiger partial charge in [0.1, 0.15) is 0 Å². The molecule has 0 aromatic carbocycles. The maximum atomic E-state index is 5.52. The number of hydrogen-bond donors (Lipinski definition) is 1. The summed E-state index contributed by atoms with van der Waals surface area (Å²) in [5.74, 6) is 0.959. The van der Waals surface area contributed by atoms with E-state index in [0.717, 1.165) is 18.4 Å². The van der Waals surface area contributed by atoms with Gasteiger partial charge < -0.3 is 10.1 Å². The molecule has 2 rings (SSSR count). The van der Waals surface area contributed by atoms with Crippen molar-refractivity contribution in [3.05, 3.63) is 0 Å². The number of hydrogen-bond acceptors (Lipinski definition) is 3. The van der Waals surface area contributed by atoms with Gasteiger partial charge in [-0.3, -0.25) is 4.90 Å². The molecule has 0 aromatic heterocycles. The van der Waals surface area contributed by atoms with Gasteiger partial charge in [-0.25, -0.2) is 0 Å². The monoisotopic (exact) mass is 240 g/mol. The number of methoxy groups -OCH3 is 1. The SMILES string of the molecule is COC(C)(C)CCN1CC(C)NCC1C1CC1. The second kappa shape index (κ2) is 5.25. The van der Waals surface area contributed by atoms with E-state index in [0.29, 0.717) is 6.04 Å². The predicted molar refractivity (Wildman–Crippen MR) is 71.3 cm³/mol. The normalized spacial score (nSPS) is 31.8. The zero-order valence-electron chi connectivity index (χ0n) is 11.8. The number of ether oxygens (including phenoxy) is 1. The van der Waals surface area contributed by atoms with E-state index in [2.05, 4.69) is 31.0 Å². The van der Waals surface area contributed by atoms with Crippen molar-refractivity contribution >= 4 is 0 Å². The summed E-state index contributed by atoms with van der Waals surface area (Å²) in [6, 6.07) is 1.41. The van der Waals surface area contributed by atoms with E-state index in [-0.39, 0.29) is 5.60 Å². The fraction of sp³-hybridized carbons (Fsp3) is 1.00. The Morgan fingerprint density at radius 3 is 2.65 bits per heavy atom. The molecule has 2 aliphatic rings. The molecular formula is C14H28N2O. The third-order valence-corrected chi connectivity index (χ3v) is 4.37. The molecule has 2 atom stereocenters. The zero-order chi connectivity index (χ0) is 12.5. The van der Waals surface area contributed by atoms with Crippen LogP contribution < -0.4 is 5.32 Å². The van der Waals surface area contributed by atoms with Crippen molar-refractivity contribution in [3.63, 3.8) is 0 Å². The second-order valence-corrected chi connectivity index (χ2v) is 6.42. The summed E-state index contributed by atoms with van der Waals surface area (Å²) in [6.07, 6.45) is 4.00. The lowest BCUT2D eigenvalue weighted by Crippen LogP contribution is -2.57. The van der Waals surface area contributed by atoms with Crippen LogP contribution in [0.5, 0.6) is 0 Å². The van der Waals surface area contributed by atoms with Crippen molar-refractivity contribution in [2.24, 2.45) is 5.92 Å². The summed E-state index contributed by atoms with van der Waals surface area (Å²) in [4.78, 5) is 2.69. The molecule has 100 valence electrons. The summed E-state index contributed by atoms with van der Waals surface area (Å²) >= 11 is 0. The van der Waals surface area contributed by atoms with Crippen molar-refractivity contribution in [3.8, 4) is 0 Å². The van der Waals surface area contributed by atoms with Crippen molar-refractivity contribution in [1.29, 1.82) is 0 Å². The third kappa shape index (κ3) is 3.67. The quantitative estimate of drug-likeness (QED) is 0.794. The van der Waals surface area contributed by atoms with Gasteiger partial charge in [0.15, 0.2) is 0 Å². The Labute approximate surface area is 106 Å². The molecule has 2 fully saturated rings. The summed E-state index contributed by atoms with van der Waals surface area (Å²) in [6.45, 7) is 10.2. The van der Waals surface area contributed by atoms with Crippen LogP contribution in [0.4, 0.5) is 0 Å². The number of nitrogens with zero attached hydrogens (tertiary/aromatic N) is 1. The summed E-state index contributed by atoms with van der Waals surface area (Å²) < 4.78 is 5.52. The summed E-state index contributed by atoms with van der Waals surface area (Å²) in [7, 11) is 1.82. The average molecular weight is 240 g/mol. The summed E-state index contributed by atoms with van der Waals surface area (Å²) in [5, 5.41) is 3.62. The van der Waals surface area contributed by atoms with Crippen molar-refractivity contribution < 1.29 is 4.74 Å². The molecule has 1 saturated carbocycles. The minimum Gasteiger partial charge on any atom is -0.379 e. The highest BCUT2D eigenvalue weighted by Gasteiger charge is 2.38. The Hall–Kier alpha value is -0.120. The van der Waals surface area contributed by atoms with Crippen LogP contribution in [0.3, 0.4) is 0 Å². The molecular weight excluding hydrogens is 212 g/mol. The van der Waals surface area contributed by atoms with Gasteiger partial charge >= 0.3 is 0 Å². The van der Waals surface area contributed by atoms with Crippen LogP contribution in [-0.2, 0) is 4.74 Å². The second-order valence-electron chi connectivity index (χ2n) is 6.42. The van der Waals surface area contributed by atoms with Gasteiger partial charge in [0.25, 0.3) is 0 Å². The smallest absolute Gasteiger partial charge is 0.0634 e. The summed E-state index contributed by atoms with van der Waals surface area (Å²) in [5.41, 5.74) is 0.0161. The van der Waals surface area contributed by atoms with Gasteiger partial charge in [0.05, 0.1) is 5.60 Å². The first-order chi connectivity index (χ1) is 8.02. The topological polar surface area (TPSA) is 24.5 Å². The predicted octanol–water partition coefficient (Wildman–Crippen LogP) is 1.87. The lowest BCUT2D eigenvalue weighted by Gasteiger charge is -2.41. The number of piperazine rings is 1. The minimum absolute atomic E-state index is 0.0161. The van der Waals surface area contributed by atoms with E-state index in [4.69, 9.17) is 4.74 Å². The molecule has 3 nitrogen and oxygen atoms in total. The Morgan fingerprint density at radius 1 is 1.35 bits per heavy atom. The molecule has 2 unspecified atom stereocenters. The van der Waals surface area contributed by atoms with Crippen LogP contribution in [0.2, 0.25) is 0 Å². The molecule has 3 heteroatoms. The first-order valence-corrected chi connectivity index (χ1v) is 7.04. The van der Waals surface area contributed by atoms with Crippen LogP contribution in [0, 0.1) is 5.92 Å². The van der Waals surface area contributed by atoms with Gasteiger partial charge in [0.2, 0.25) is 0 Å². The maximum Gasteiger partial charge on any atom is 0.0634 e. The van der Waals surface area contributed by atoms with Crippen molar-refractivity contribution in [1.82, 2.24) is 10.2 Å². The van der Waals surface area contributed by atoms with Crippen LogP contribution in [0.1, 0.15) is 40.0 Å². The fourth-order valence-electron chi connectivity index (χ4n) is 2.72. The lowest BCUT2D eigenvalue weighted by atomic mass is 10.0. The molecule has 1 aliphatic heterocycles. The van der Waals surface area contributed by atoms with Gasteiger partial charge in [-0.1, -0.05) is 0 Å². The Bertz CT molecular complexity index is 251. The van der Waals surface area contributed by atoms with Crippen LogP contribution in [0.15, 0.2) is 0 Å². The van der Waals surface area contributed by atoms with Gasteiger partial charge in [-0.05, 0) is 46.0 Å². The van der Waals surface area contributed by atoms with E-state index < -0.39 is 0 Å². The highest BCUT2D eigenvalue weighted by Crippen LogP contribution is 2.36. The molecule has 1 heterocycles. The van der Waals surface area contributed by atoms with Gasteiger partial charge in [-0.2, -0.15) is 0 Å². The Balaban J connectivity index is 1.86. The largest absolute Gasteiger partial charge is 0.379 e. The van der Waals surface area contributed by atoms with E-state index in [9.17, 15) is 0 Å². The van der Waals surface area contributed by atoms with Crippen molar-refractivity contribution in [2.75, 3.05) is 26.7 Å².